The minimum absolute atomic E-state index is 0.0637. The van der Waals surface area contributed by atoms with E-state index >= 15 is 0 Å². The molecule has 0 saturated carbocycles. The lowest BCUT2D eigenvalue weighted by atomic mass is 9.73. The van der Waals surface area contributed by atoms with Crippen LogP contribution in [-0.2, 0) is 4.79 Å². The molecule has 1 rings (SSSR count). The van der Waals surface area contributed by atoms with E-state index in [-0.39, 0.29) is 17.6 Å². The molecule has 0 bridgehead atoms. The first-order valence-electron chi connectivity index (χ1n) is 4.93. The zero-order chi connectivity index (χ0) is 10.2. The molecule has 13 heavy (non-hydrogen) atoms. The SMILES string of the molecule is CC(=O)C1(O)[C@@H](C)C[NH+](C)C[C@@H]1C. The molecule has 0 aliphatic carbocycles. The Kier molecular flexibility index (Phi) is 2.78. The highest BCUT2D eigenvalue weighted by Crippen LogP contribution is 2.28. The second kappa shape index (κ2) is 3.39. The lowest BCUT2D eigenvalue weighted by molar-refractivity contribution is -0.895. The maximum absolute atomic E-state index is 11.4. The number of piperidine rings is 1. The van der Waals surface area contributed by atoms with Crippen LogP contribution in [0.1, 0.15) is 20.8 Å². The van der Waals surface area contributed by atoms with Gasteiger partial charge >= 0.3 is 0 Å². The summed E-state index contributed by atoms with van der Waals surface area (Å²) < 4.78 is 0. The first-order valence-corrected chi connectivity index (χ1v) is 4.93. The van der Waals surface area contributed by atoms with Crippen LogP contribution in [0.3, 0.4) is 0 Å². The van der Waals surface area contributed by atoms with Crippen LogP contribution in [0.2, 0.25) is 0 Å². The van der Waals surface area contributed by atoms with Crippen molar-refractivity contribution >= 4 is 5.78 Å². The molecule has 0 aromatic heterocycles. The largest absolute Gasteiger partial charge is 0.381 e. The van der Waals surface area contributed by atoms with Gasteiger partial charge in [-0.1, -0.05) is 13.8 Å². The first kappa shape index (κ1) is 10.7. The summed E-state index contributed by atoms with van der Waals surface area (Å²) in [6, 6.07) is 0. The lowest BCUT2D eigenvalue weighted by Gasteiger charge is -2.42. The van der Waals surface area contributed by atoms with Gasteiger partial charge in [0.25, 0.3) is 0 Å². The van der Waals surface area contributed by atoms with Crippen LogP contribution in [0.5, 0.6) is 0 Å². The van der Waals surface area contributed by atoms with Crippen molar-refractivity contribution in [3.05, 3.63) is 0 Å². The number of quaternary nitrogens is 1. The Morgan fingerprint density at radius 2 is 1.77 bits per heavy atom. The fourth-order valence-corrected chi connectivity index (χ4v) is 2.62. The molecule has 0 radical (unpaired) electrons. The smallest absolute Gasteiger partial charge is 0.162 e. The van der Waals surface area contributed by atoms with E-state index in [0.29, 0.717) is 0 Å². The standard InChI is InChI=1S/C10H19NO2/c1-7-5-11(4)6-8(2)10(7,13)9(3)12/h7-8,13H,5-6H2,1-4H3/p+1/t7-,8-/m0/s1. The van der Waals surface area contributed by atoms with Gasteiger partial charge in [-0.15, -0.1) is 0 Å². The number of carbonyl (C=O) groups is 1. The molecule has 1 saturated heterocycles. The van der Waals surface area contributed by atoms with Gasteiger partial charge < -0.3 is 10.0 Å². The summed E-state index contributed by atoms with van der Waals surface area (Å²) in [5.41, 5.74) is -1.08. The number of nitrogens with one attached hydrogen (secondary N) is 1. The van der Waals surface area contributed by atoms with Crippen LogP contribution in [-0.4, -0.2) is 36.6 Å². The number of carbonyl (C=O) groups excluding carboxylic acids is 1. The molecular weight excluding hydrogens is 166 g/mol. The summed E-state index contributed by atoms with van der Waals surface area (Å²) in [6.07, 6.45) is 0. The molecule has 3 heteroatoms. The summed E-state index contributed by atoms with van der Waals surface area (Å²) in [7, 11) is 2.10. The fraction of sp³-hybridized carbons (Fsp3) is 0.900. The normalized spacial score (nSPS) is 46.1. The maximum atomic E-state index is 11.4. The minimum Gasteiger partial charge on any atom is -0.381 e. The Balaban J connectivity index is 2.89. The monoisotopic (exact) mass is 186 g/mol. The van der Waals surface area contributed by atoms with Gasteiger partial charge in [-0.3, -0.25) is 4.79 Å². The predicted octanol–water partition coefficient (Wildman–Crippen LogP) is -0.893. The zero-order valence-corrected chi connectivity index (χ0v) is 8.92. The molecule has 1 fully saturated rings. The molecule has 2 atom stereocenters. The van der Waals surface area contributed by atoms with E-state index in [2.05, 4.69) is 7.05 Å². The number of aliphatic hydroxyl groups is 1. The molecule has 3 nitrogen and oxygen atoms in total. The molecule has 0 aromatic carbocycles. The van der Waals surface area contributed by atoms with Gasteiger partial charge in [-0.2, -0.15) is 0 Å². The Morgan fingerprint density at radius 3 is 2.08 bits per heavy atom. The molecule has 0 unspecified atom stereocenters. The first-order chi connectivity index (χ1) is 5.89. The van der Waals surface area contributed by atoms with E-state index < -0.39 is 5.60 Å². The number of ketones is 1. The third-order valence-electron chi connectivity index (χ3n) is 3.38. The highest BCUT2D eigenvalue weighted by Gasteiger charge is 2.49. The lowest BCUT2D eigenvalue weighted by Crippen LogP contribution is -3.13. The van der Waals surface area contributed by atoms with Crippen LogP contribution in [0, 0.1) is 11.8 Å². The number of likely N-dealkylation sites (tertiary alicyclic amines) is 1. The van der Waals surface area contributed by atoms with Crippen LogP contribution >= 0.6 is 0 Å². The van der Waals surface area contributed by atoms with E-state index in [4.69, 9.17) is 0 Å². The minimum atomic E-state index is -1.08. The van der Waals surface area contributed by atoms with E-state index in [0.717, 1.165) is 13.1 Å². The van der Waals surface area contributed by atoms with Crippen LogP contribution in [0.25, 0.3) is 0 Å². The number of hydrogen-bond donors (Lipinski definition) is 2. The Labute approximate surface area is 79.7 Å². The van der Waals surface area contributed by atoms with E-state index in [1.54, 1.807) is 0 Å². The Morgan fingerprint density at radius 1 is 1.38 bits per heavy atom. The Hall–Kier alpha value is -0.410. The molecule has 2 N–H and O–H groups in total. The Bertz CT molecular complexity index is 203. The van der Waals surface area contributed by atoms with Crippen molar-refractivity contribution < 1.29 is 14.8 Å². The summed E-state index contributed by atoms with van der Waals surface area (Å²) in [5.74, 6) is 0.0440. The van der Waals surface area contributed by atoms with Crippen LogP contribution < -0.4 is 4.90 Å². The maximum Gasteiger partial charge on any atom is 0.162 e. The molecular formula is C10H20NO2+. The summed E-state index contributed by atoms with van der Waals surface area (Å²) in [6.45, 7) is 7.16. The summed E-state index contributed by atoms with van der Waals surface area (Å²) in [5, 5.41) is 10.2. The summed E-state index contributed by atoms with van der Waals surface area (Å²) in [4.78, 5) is 12.8. The quantitative estimate of drug-likeness (QED) is 0.558. The second-order valence-corrected chi connectivity index (χ2v) is 4.55. The zero-order valence-electron chi connectivity index (χ0n) is 8.92. The molecule has 1 aliphatic rings. The number of Topliss-reactive ketones (excluding diaryl/α,β-unsaturated/α-hetero) is 1. The average Bonchev–Trinajstić information content (AvgIpc) is 1.99. The second-order valence-electron chi connectivity index (χ2n) is 4.55. The van der Waals surface area contributed by atoms with E-state index in [9.17, 15) is 9.90 Å². The van der Waals surface area contributed by atoms with Gasteiger partial charge in [0.05, 0.1) is 20.1 Å². The van der Waals surface area contributed by atoms with Crippen molar-refractivity contribution in [2.75, 3.05) is 20.1 Å². The van der Waals surface area contributed by atoms with Crippen molar-refractivity contribution in [2.24, 2.45) is 11.8 Å². The molecule has 76 valence electrons. The van der Waals surface area contributed by atoms with Crippen molar-refractivity contribution in [3.63, 3.8) is 0 Å². The van der Waals surface area contributed by atoms with Gasteiger partial charge in [-0.25, -0.2) is 0 Å². The van der Waals surface area contributed by atoms with Crippen LogP contribution in [0.15, 0.2) is 0 Å². The van der Waals surface area contributed by atoms with Crippen molar-refractivity contribution in [2.45, 2.75) is 26.4 Å². The fourth-order valence-electron chi connectivity index (χ4n) is 2.62. The van der Waals surface area contributed by atoms with Gasteiger partial charge in [0.1, 0.15) is 5.60 Å². The van der Waals surface area contributed by atoms with Gasteiger partial charge in [0, 0.05) is 11.8 Å². The molecule has 0 spiro atoms. The highest BCUT2D eigenvalue weighted by molar-refractivity contribution is 5.85. The van der Waals surface area contributed by atoms with Gasteiger partial charge in [-0.05, 0) is 6.92 Å². The number of hydrogen-bond acceptors (Lipinski definition) is 2. The molecule has 1 heterocycles. The van der Waals surface area contributed by atoms with E-state index in [1.165, 1.54) is 11.8 Å². The molecule has 0 amide bonds. The van der Waals surface area contributed by atoms with Crippen LogP contribution in [0.4, 0.5) is 0 Å². The van der Waals surface area contributed by atoms with Crippen molar-refractivity contribution in [3.8, 4) is 0 Å². The number of rotatable bonds is 1. The molecule has 1 aliphatic heterocycles. The van der Waals surface area contributed by atoms with E-state index in [1.807, 2.05) is 13.8 Å². The summed E-state index contributed by atoms with van der Waals surface area (Å²) >= 11 is 0. The van der Waals surface area contributed by atoms with Crippen molar-refractivity contribution in [1.82, 2.24) is 0 Å². The van der Waals surface area contributed by atoms with Crippen molar-refractivity contribution in [1.29, 1.82) is 0 Å². The third-order valence-corrected chi connectivity index (χ3v) is 3.38. The highest BCUT2D eigenvalue weighted by atomic mass is 16.3. The topological polar surface area (TPSA) is 41.7 Å². The van der Waals surface area contributed by atoms with Gasteiger partial charge in [0.2, 0.25) is 0 Å². The third kappa shape index (κ3) is 1.63. The molecule has 0 aromatic rings. The predicted molar refractivity (Wildman–Crippen MR) is 50.6 cm³/mol. The average molecular weight is 186 g/mol. The van der Waals surface area contributed by atoms with Gasteiger partial charge in [0.15, 0.2) is 5.78 Å².